The zero-order chi connectivity index (χ0) is 11.9. The summed E-state index contributed by atoms with van der Waals surface area (Å²) in [7, 11) is 0. The van der Waals surface area contributed by atoms with E-state index in [1.165, 1.54) is 10.8 Å². The predicted molar refractivity (Wildman–Crippen MR) is 71.8 cm³/mol. The van der Waals surface area contributed by atoms with Crippen molar-refractivity contribution in [2.45, 2.75) is 6.04 Å². The highest BCUT2D eigenvalue weighted by molar-refractivity contribution is 5.48. The minimum atomic E-state index is 0.284. The molecular formula is C16H12N2. The molecule has 18 heavy (non-hydrogen) atoms. The van der Waals surface area contributed by atoms with Crippen molar-refractivity contribution in [2.24, 2.45) is 4.99 Å². The van der Waals surface area contributed by atoms with E-state index < -0.39 is 0 Å². The van der Waals surface area contributed by atoms with E-state index in [1.54, 1.807) is 0 Å². The SMILES string of the molecule is C1=CC2=CC=C3N=c4ccccc4=CN3C2C=C1. The van der Waals surface area contributed by atoms with E-state index in [0.29, 0.717) is 0 Å². The van der Waals surface area contributed by atoms with Crippen molar-refractivity contribution in [3.63, 3.8) is 0 Å². The van der Waals surface area contributed by atoms with Gasteiger partial charge in [0.2, 0.25) is 0 Å². The summed E-state index contributed by atoms with van der Waals surface area (Å²) in [4.78, 5) is 6.95. The van der Waals surface area contributed by atoms with Gasteiger partial charge in [-0.05, 0) is 17.7 Å². The second-order valence-corrected chi connectivity index (χ2v) is 4.59. The summed E-state index contributed by atoms with van der Waals surface area (Å²) in [6.07, 6.45) is 15.0. The van der Waals surface area contributed by atoms with Gasteiger partial charge in [0.05, 0.1) is 11.4 Å². The summed E-state index contributed by atoms with van der Waals surface area (Å²) >= 11 is 0. The minimum absolute atomic E-state index is 0.284. The second-order valence-electron chi connectivity index (χ2n) is 4.59. The van der Waals surface area contributed by atoms with Gasteiger partial charge in [-0.2, -0.15) is 0 Å². The Morgan fingerprint density at radius 2 is 2.00 bits per heavy atom. The van der Waals surface area contributed by atoms with Crippen LogP contribution in [0.4, 0.5) is 0 Å². The number of benzene rings is 1. The number of fused-ring (bicyclic) bond motifs is 4. The molecule has 0 fully saturated rings. The van der Waals surface area contributed by atoms with Crippen LogP contribution in [0.2, 0.25) is 0 Å². The van der Waals surface area contributed by atoms with Gasteiger partial charge in [-0.3, -0.25) is 0 Å². The Morgan fingerprint density at radius 1 is 1.06 bits per heavy atom. The van der Waals surface area contributed by atoms with Crippen molar-refractivity contribution < 1.29 is 0 Å². The van der Waals surface area contributed by atoms with Crippen LogP contribution in [0, 0.1) is 0 Å². The predicted octanol–water partition coefficient (Wildman–Crippen LogP) is 1.64. The molecule has 0 saturated heterocycles. The Labute approximate surface area is 105 Å². The van der Waals surface area contributed by atoms with Crippen LogP contribution in [-0.4, -0.2) is 10.9 Å². The first kappa shape index (κ1) is 9.66. The van der Waals surface area contributed by atoms with Gasteiger partial charge in [0.1, 0.15) is 5.82 Å². The Balaban J connectivity index is 1.95. The molecule has 3 aliphatic rings. The van der Waals surface area contributed by atoms with E-state index in [0.717, 1.165) is 11.2 Å². The third-order valence-electron chi connectivity index (χ3n) is 3.47. The Hall–Kier alpha value is -2.35. The molecule has 1 unspecified atom stereocenters. The van der Waals surface area contributed by atoms with Crippen LogP contribution in [0.3, 0.4) is 0 Å². The van der Waals surface area contributed by atoms with E-state index >= 15 is 0 Å². The van der Waals surface area contributed by atoms with Gasteiger partial charge in [-0.25, -0.2) is 4.99 Å². The van der Waals surface area contributed by atoms with Gasteiger partial charge in [0.25, 0.3) is 0 Å². The van der Waals surface area contributed by atoms with Crippen molar-refractivity contribution in [2.75, 3.05) is 0 Å². The Kier molecular flexibility index (Phi) is 1.92. The molecule has 86 valence electrons. The normalized spacial score (nSPS) is 22.9. The maximum Gasteiger partial charge on any atom is 0.134 e. The summed E-state index contributed by atoms with van der Waals surface area (Å²) in [6, 6.07) is 8.53. The summed E-state index contributed by atoms with van der Waals surface area (Å²) in [5, 5.41) is 2.23. The Bertz CT molecular complexity index is 748. The monoisotopic (exact) mass is 232 g/mol. The van der Waals surface area contributed by atoms with Crippen LogP contribution in [0.25, 0.3) is 6.20 Å². The van der Waals surface area contributed by atoms with Gasteiger partial charge in [0.15, 0.2) is 0 Å². The second kappa shape index (κ2) is 3.57. The van der Waals surface area contributed by atoms with Gasteiger partial charge < -0.3 is 4.90 Å². The molecule has 0 bridgehead atoms. The fourth-order valence-electron chi connectivity index (χ4n) is 2.57. The standard InChI is InChI=1S/C16H12N2/c1-3-7-14-13(6-1)11-18-15-8-4-2-5-12(15)9-10-16(18)17-14/h1-11,15H. The maximum atomic E-state index is 4.71. The molecule has 0 saturated carbocycles. The lowest BCUT2D eigenvalue weighted by molar-refractivity contribution is 0.452. The van der Waals surface area contributed by atoms with E-state index in [9.17, 15) is 0 Å². The van der Waals surface area contributed by atoms with Crippen molar-refractivity contribution in [3.8, 4) is 0 Å². The number of hydrogen-bond donors (Lipinski definition) is 0. The third-order valence-corrected chi connectivity index (χ3v) is 3.47. The van der Waals surface area contributed by atoms with Crippen molar-refractivity contribution in [1.29, 1.82) is 0 Å². The summed E-state index contributed by atoms with van der Waals surface area (Å²) in [5.74, 6) is 1.02. The highest BCUT2D eigenvalue weighted by atomic mass is 15.2. The van der Waals surface area contributed by atoms with Crippen molar-refractivity contribution >= 4 is 6.20 Å². The maximum absolute atomic E-state index is 4.71. The molecule has 1 aromatic carbocycles. The fraction of sp³-hybridized carbons (Fsp3) is 0.0625. The van der Waals surface area contributed by atoms with Crippen molar-refractivity contribution in [1.82, 2.24) is 4.90 Å². The zero-order valence-corrected chi connectivity index (χ0v) is 9.82. The Morgan fingerprint density at radius 3 is 3.00 bits per heavy atom. The van der Waals surface area contributed by atoms with Gasteiger partial charge in [-0.15, -0.1) is 0 Å². The molecule has 0 amide bonds. The van der Waals surface area contributed by atoms with Crippen molar-refractivity contribution in [3.05, 3.63) is 82.7 Å². The summed E-state index contributed by atoms with van der Waals surface area (Å²) in [6.45, 7) is 0. The molecule has 0 spiro atoms. The molecule has 0 radical (unpaired) electrons. The lowest BCUT2D eigenvalue weighted by Crippen LogP contribution is -2.40. The van der Waals surface area contributed by atoms with E-state index in [1.807, 2.05) is 6.07 Å². The van der Waals surface area contributed by atoms with Crippen LogP contribution in [0.5, 0.6) is 0 Å². The lowest BCUT2D eigenvalue weighted by atomic mass is 9.97. The topological polar surface area (TPSA) is 15.6 Å². The van der Waals surface area contributed by atoms with Gasteiger partial charge in [0, 0.05) is 11.4 Å². The smallest absolute Gasteiger partial charge is 0.134 e. The van der Waals surface area contributed by atoms with Crippen LogP contribution >= 0.6 is 0 Å². The lowest BCUT2D eigenvalue weighted by Gasteiger charge is -2.34. The first-order valence-electron chi connectivity index (χ1n) is 6.12. The molecule has 0 aromatic heterocycles. The average Bonchev–Trinajstić information content (AvgIpc) is 2.45. The third kappa shape index (κ3) is 1.32. The summed E-state index contributed by atoms with van der Waals surface area (Å²) < 4.78 is 0. The quantitative estimate of drug-likeness (QED) is 0.664. The molecule has 1 aliphatic carbocycles. The molecule has 2 aliphatic heterocycles. The number of hydrogen-bond acceptors (Lipinski definition) is 2. The number of allylic oxidation sites excluding steroid dienone is 4. The van der Waals surface area contributed by atoms with Gasteiger partial charge >= 0.3 is 0 Å². The van der Waals surface area contributed by atoms with E-state index in [2.05, 4.69) is 65.8 Å². The number of nitrogens with zero attached hydrogens (tertiary/aromatic N) is 2. The first-order chi connectivity index (χ1) is 8.92. The van der Waals surface area contributed by atoms with Crippen LogP contribution in [0.1, 0.15) is 0 Å². The van der Waals surface area contributed by atoms with Crippen LogP contribution < -0.4 is 10.6 Å². The molecule has 2 heteroatoms. The molecule has 1 aromatic rings. The number of para-hydroxylation sites is 1. The largest absolute Gasteiger partial charge is 0.321 e. The summed E-state index contributed by atoms with van der Waals surface area (Å²) in [5.41, 5.74) is 1.31. The van der Waals surface area contributed by atoms with Gasteiger partial charge in [-0.1, -0.05) is 48.6 Å². The highest BCUT2D eigenvalue weighted by Gasteiger charge is 2.24. The first-order valence-corrected chi connectivity index (χ1v) is 6.12. The number of rotatable bonds is 0. The molecule has 0 N–H and O–H groups in total. The van der Waals surface area contributed by atoms with E-state index in [4.69, 9.17) is 4.99 Å². The molecule has 4 rings (SSSR count). The molecular weight excluding hydrogens is 220 g/mol. The zero-order valence-electron chi connectivity index (χ0n) is 9.82. The van der Waals surface area contributed by atoms with E-state index in [-0.39, 0.29) is 6.04 Å². The molecule has 2 nitrogen and oxygen atoms in total. The average molecular weight is 232 g/mol. The molecule has 2 heterocycles. The highest BCUT2D eigenvalue weighted by Crippen LogP contribution is 2.27. The van der Waals surface area contributed by atoms with Crippen LogP contribution in [-0.2, 0) is 0 Å². The molecule has 1 atom stereocenters. The fourth-order valence-corrected chi connectivity index (χ4v) is 2.57. The minimum Gasteiger partial charge on any atom is -0.321 e. The van der Waals surface area contributed by atoms with Crippen LogP contribution in [0.15, 0.2) is 77.1 Å².